The van der Waals surface area contributed by atoms with Crippen LogP contribution in [0.2, 0.25) is 0 Å². The summed E-state index contributed by atoms with van der Waals surface area (Å²) < 4.78 is 7.15. The Morgan fingerprint density at radius 1 is 1.56 bits per heavy atom. The molecule has 0 bridgehead atoms. The van der Waals surface area contributed by atoms with Crippen molar-refractivity contribution < 1.29 is 4.74 Å². The fraction of sp³-hybridized carbons (Fsp3) is 0.818. The van der Waals surface area contributed by atoms with Crippen LogP contribution in [0.25, 0.3) is 0 Å². The lowest BCUT2D eigenvalue weighted by atomic mass is 9.97. The van der Waals surface area contributed by atoms with Crippen LogP contribution in [0.3, 0.4) is 0 Å². The van der Waals surface area contributed by atoms with E-state index in [2.05, 4.69) is 15.1 Å². The number of ether oxygens (including phenoxy) is 1. The standard InChI is InChI=1S/C11H20N4O/c1-14-9-12-13-11(14)10-4-3-5-15(8-10)6-7-16-2/h9-10H,3-8H2,1-2H3. The third kappa shape index (κ3) is 2.59. The van der Waals surface area contributed by atoms with Crippen molar-refractivity contribution in [3.8, 4) is 0 Å². The van der Waals surface area contributed by atoms with Crippen molar-refractivity contribution in [1.29, 1.82) is 0 Å². The van der Waals surface area contributed by atoms with E-state index in [1.807, 2.05) is 11.6 Å². The average molecular weight is 224 g/mol. The molecule has 1 aliphatic rings. The summed E-state index contributed by atoms with van der Waals surface area (Å²) in [5, 5.41) is 8.16. The number of hydrogen-bond donors (Lipinski definition) is 0. The molecule has 0 N–H and O–H groups in total. The maximum absolute atomic E-state index is 5.12. The lowest BCUT2D eigenvalue weighted by Gasteiger charge is -2.31. The van der Waals surface area contributed by atoms with Gasteiger partial charge in [-0.2, -0.15) is 0 Å². The zero-order valence-corrected chi connectivity index (χ0v) is 10.1. The summed E-state index contributed by atoms with van der Waals surface area (Å²) in [7, 11) is 3.77. The van der Waals surface area contributed by atoms with Crippen LogP contribution in [0.1, 0.15) is 24.6 Å². The normalized spacial score (nSPS) is 22.5. The van der Waals surface area contributed by atoms with Gasteiger partial charge in [0.1, 0.15) is 12.2 Å². The molecular formula is C11H20N4O. The van der Waals surface area contributed by atoms with Crippen LogP contribution in [0.15, 0.2) is 6.33 Å². The van der Waals surface area contributed by atoms with E-state index in [1.165, 1.54) is 19.4 Å². The van der Waals surface area contributed by atoms with Crippen LogP contribution in [-0.2, 0) is 11.8 Å². The number of hydrogen-bond acceptors (Lipinski definition) is 4. The Balaban J connectivity index is 1.94. The second-order valence-electron chi connectivity index (χ2n) is 4.43. The molecule has 16 heavy (non-hydrogen) atoms. The highest BCUT2D eigenvalue weighted by Gasteiger charge is 2.24. The minimum atomic E-state index is 0.526. The number of rotatable bonds is 4. The van der Waals surface area contributed by atoms with Gasteiger partial charge in [-0.15, -0.1) is 10.2 Å². The number of nitrogens with zero attached hydrogens (tertiary/aromatic N) is 4. The van der Waals surface area contributed by atoms with Crippen LogP contribution in [0, 0.1) is 0 Å². The fourth-order valence-corrected chi connectivity index (χ4v) is 2.35. The van der Waals surface area contributed by atoms with Gasteiger partial charge in [0.05, 0.1) is 6.61 Å². The molecule has 2 heterocycles. The average Bonchev–Trinajstić information content (AvgIpc) is 2.73. The third-order valence-corrected chi connectivity index (χ3v) is 3.23. The Labute approximate surface area is 96.4 Å². The second kappa shape index (κ2) is 5.41. The predicted octanol–water partition coefficient (Wildman–Crippen LogP) is 0.641. The highest BCUT2D eigenvalue weighted by Crippen LogP contribution is 2.24. The van der Waals surface area contributed by atoms with Gasteiger partial charge in [-0.3, -0.25) is 0 Å². The molecule has 5 heteroatoms. The Bertz CT molecular complexity index is 326. The first kappa shape index (κ1) is 11.5. The minimum absolute atomic E-state index is 0.526. The molecule has 1 atom stereocenters. The number of aryl methyl sites for hydroxylation is 1. The van der Waals surface area contributed by atoms with E-state index in [0.717, 1.165) is 25.5 Å². The number of likely N-dealkylation sites (tertiary alicyclic amines) is 1. The van der Waals surface area contributed by atoms with Crippen LogP contribution in [0.4, 0.5) is 0 Å². The summed E-state index contributed by atoms with van der Waals surface area (Å²) in [6.07, 6.45) is 4.24. The summed E-state index contributed by atoms with van der Waals surface area (Å²) in [6, 6.07) is 0. The molecular weight excluding hydrogens is 204 g/mol. The molecule has 1 fully saturated rings. The number of piperidine rings is 1. The molecule has 2 rings (SSSR count). The molecule has 0 radical (unpaired) electrons. The van der Waals surface area contributed by atoms with Gasteiger partial charge in [-0.1, -0.05) is 0 Å². The topological polar surface area (TPSA) is 43.2 Å². The Kier molecular flexibility index (Phi) is 3.90. The summed E-state index contributed by atoms with van der Waals surface area (Å²) in [6.45, 7) is 4.09. The highest BCUT2D eigenvalue weighted by molar-refractivity contribution is 4.98. The largest absolute Gasteiger partial charge is 0.383 e. The summed E-state index contributed by atoms with van der Waals surface area (Å²) in [4.78, 5) is 2.45. The molecule has 1 aliphatic heterocycles. The van der Waals surface area contributed by atoms with Gasteiger partial charge in [0.25, 0.3) is 0 Å². The van der Waals surface area contributed by atoms with Gasteiger partial charge in [0.2, 0.25) is 0 Å². The molecule has 1 aromatic heterocycles. The molecule has 1 saturated heterocycles. The quantitative estimate of drug-likeness (QED) is 0.753. The zero-order chi connectivity index (χ0) is 11.4. The van der Waals surface area contributed by atoms with Crippen LogP contribution in [-0.4, -0.2) is 53.0 Å². The number of methoxy groups -OCH3 is 1. The summed E-state index contributed by atoms with van der Waals surface area (Å²) >= 11 is 0. The van der Waals surface area contributed by atoms with Gasteiger partial charge in [-0.25, -0.2) is 0 Å². The van der Waals surface area contributed by atoms with E-state index in [0.29, 0.717) is 5.92 Å². The monoisotopic (exact) mass is 224 g/mol. The molecule has 0 saturated carbocycles. The van der Waals surface area contributed by atoms with Crippen LogP contribution < -0.4 is 0 Å². The second-order valence-corrected chi connectivity index (χ2v) is 4.43. The molecule has 0 spiro atoms. The van der Waals surface area contributed by atoms with Gasteiger partial charge in [0, 0.05) is 33.2 Å². The van der Waals surface area contributed by atoms with Crippen molar-refractivity contribution in [3.63, 3.8) is 0 Å². The van der Waals surface area contributed by atoms with E-state index >= 15 is 0 Å². The lowest BCUT2D eigenvalue weighted by Crippen LogP contribution is -2.37. The fourth-order valence-electron chi connectivity index (χ4n) is 2.35. The van der Waals surface area contributed by atoms with Crippen molar-refractivity contribution in [3.05, 3.63) is 12.2 Å². The van der Waals surface area contributed by atoms with Gasteiger partial charge < -0.3 is 14.2 Å². The van der Waals surface area contributed by atoms with E-state index in [4.69, 9.17) is 4.74 Å². The zero-order valence-electron chi connectivity index (χ0n) is 10.1. The highest BCUT2D eigenvalue weighted by atomic mass is 16.5. The van der Waals surface area contributed by atoms with Crippen LogP contribution in [0.5, 0.6) is 0 Å². The van der Waals surface area contributed by atoms with Crippen molar-refractivity contribution in [2.75, 3.05) is 33.4 Å². The van der Waals surface area contributed by atoms with Crippen molar-refractivity contribution in [1.82, 2.24) is 19.7 Å². The molecule has 90 valence electrons. The minimum Gasteiger partial charge on any atom is -0.383 e. The lowest BCUT2D eigenvalue weighted by molar-refractivity contribution is 0.126. The van der Waals surface area contributed by atoms with E-state index in [1.54, 1.807) is 13.4 Å². The Morgan fingerprint density at radius 3 is 3.12 bits per heavy atom. The smallest absolute Gasteiger partial charge is 0.136 e. The Morgan fingerprint density at radius 2 is 2.44 bits per heavy atom. The first-order valence-electron chi connectivity index (χ1n) is 5.86. The van der Waals surface area contributed by atoms with E-state index in [-0.39, 0.29) is 0 Å². The molecule has 0 aromatic carbocycles. The SMILES string of the molecule is COCCN1CCCC(c2nncn2C)C1. The molecule has 1 aromatic rings. The summed E-state index contributed by atoms with van der Waals surface area (Å²) in [5.41, 5.74) is 0. The maximum atomic E-state index is 5.12. The first-order valence-corrected chi connectivity index (χ1v) is 5.86. The van der Waals surface area contributed by atoms with Gasteiger partial charge in [0.15, 0.2) is 0 Å². The Hall–Kier alpha value is -0.940. The van der Waals surface area contributed by atoms with Gasteiger partial charge >= 0.3 is 0 Å². The first-order chi connectivity index (χ1) is 7.81. The van der Waals surface area contributed by atoms with Crippen LogP contribution >= 0.6 is 0 Å². The van der Waals surface area contributed by atoms with E-state index < -0.39 is 0 Å². The summed E-state index contributed by atoms with van der Waals surface area (Å²) in [5.74, 6) is 1.64. The van der Waals surface area contributed by atoms with Crippen molar-refractivity contribution in [2.45, 2.75) is 18.8 Å². The molecule has 1 unspecified atom stereocenters. The third-order valence-electron chi connectivity index (χ3n) is 3.23. The number of aromatic nitrogens is 3. The van der Waals surface area contributed by atoms with Gasteiger partial charge in [-0.05, 0) is 19.4 Å². The van der Waals surface area contributed by atoms with Crippen molar-refractivity contribution >= 4 is 0 Å². The van der Waals surface area contributed by atoms with E-state index in [9.17, 15) is 0 Å². The molecule has 5 nitrogen and oxygen atoms in total. The van der Waals surface area contributed by atoms with Crippen molar-refractivity contribution in [2.24, 2.45) is 7.05 Å². The maximum Gasteiger partial charge on any atom is 0.136 e. The molecule has 0 amide bonds. The predicted molar refractivity (Wildman–Crippen MR) is 61.3 cm³/mol. The molecule has 0 aliphatic carbocycles.